The molecule has 0 unspecified atom stereocenters. The maximum absolute atomic E-state index is 15.2. The van der Waals surface area contributed by atoms with Crippen molar-refractivity contribution in [2.75, 3.05) is 13.7 Å². The first-order valence-electron chi connectivity index (χ1n) is 12.3. The van der Waals surface area contributed by atoms with E-state index in [0.717, 1.165) is 53.2 Å². The van der Waals surface area contributed by atoms with E-state index in [9.17, 15) is 0 Å². The van der Waals surface area contributed by atoms with Gasteiger partial charge in [0.1, 0.15) is 5.82 Å². The van der Waals surface area contributed by atoms with Gasteiger partial charge in [-0.25, -0.2) is 4.39 Å². The summed E-state index contributed by atoms with van der Waals surface area (Å²) in [7, 11) is 1.79. The van der Waals surface area contributed by atoms with Crippen molar-refractivity contribution >= 4 is 10.8 Å². The number of nitriles is 1. The van der Waals surface area contributed by atoms with Crippen molar-refractivity contribution in [1.82, 2.24) is 0 Å². The van der Waals surface area contributed by atoms with E-state index in [4.69, 9.17) is 10.00 Å². The Balaban J connectivity index is 1.33. The Hall–Kier alpha value is -2.70. The van der Waals surface area contributed by atoms with Crippen molar-refractivity contribution in [2.24, 2.45) is 11.8 Å². The molecule has 4 rings (SSSR count). The quantitative estimate of drug-likeness (QED) is 0.345. The van der Waals surface area contributed by atoms with Crippen LogP contribution >= 0.6 is 0 Å². The Morgan fingerprint density at radius 1 is 0.848 bits per heavy atom. The van der Waals surface area contributed by atoms with Crippen LogP contribution in [0, 0.1) is 29.0 Å². The van der Waals surface area contributed by atoms with Crippen molar-refractivity contribution in [3.8, 4) is 6.07 Å². The van der Waals surface area contributed by atoms with Crippen LogP contribution in [0.15, 0.2) is 54.6 Å². The highest BCUT2D eigenvalue weighted by Gasteiger charge is 2.20. The van der Waals surface area contributed by atoms with Gasteiger partial charge in [0.2, 0.25) is 0 Å². The number of hydrogen-bond acceptors (Lipinski definition) is 2. The van der Waals surface area contributed by atoms with Gasteiger partial charge in [-0.05, 0) is 78.1 Å². The van der Waals surface area contributed by atoms with Gasteiger partial charge in [-0.2, -0.15) is 5.26 Å². The minimum absolute atomic E-state index is 0.0953. The molecule has 0 heterocycles. The summed E-state index contributed by atoms with van der Waals surface area (Å²) in [4.78, 5) is 0. The van der Waals surface area contributed by atoms with E-state index in [1.165, 1.54) is 44.1 Å². The first kappa shape index (κ1) is 23.5. The molecule has 1 saturated carbocycles. The Morgan fingerprint density at radius 2 is 1.55 bits per heavy atom. The fraction of sp³-hybridized carbons (Fsp3) is 0.433. The third-order valence-electron chi connectivity index (χ3n) is 7.40. The summed E-state index contributed by atoms with van der Waals surface area (Å²) in [5.41, 5.74) is 3.84. The van der Waals surface area contributed by atoms with Gasteiger partial charge >= 0.3 is 0 Å². The monoisotopic (exact) mass is 443 g/mol. The van der Waals surface area contributed by atoms with Crippen molar-refractivity contribution < 1.29 is 9.13 Å². The summed E-state index contributed by atoms with van der Waals surface area (Å²) in [6, 6.07) is 19.9. The van der Waals surface area contributed by atoms with E-state index in [1.54, 1.807) is 7.11 Å². The number of nitrogens with zero attached hydrogens (tertiary/aromatic N) is 1. The van der Waals surface area contributed by atoms with Gasteiger partial charge in [0.25, 0.3) is 0 Å². The smallest absolute Gasteiger partial charge is 0.134 e. The van der Waals surface area contributed by atoms with Gasteiger partial charge in [-0.1, -0.05) is 68.1 Å². The molecule has 33 heavy (non-hydrogen) atoms. The Bertz CT molecular complexity index is 1090. The third kappa shape index (κ3) is 6.21. The zero-order valence-electron chi connectivity index (χ0n) is 19.7. The topological polar surface area (TPSA) is 33.0 Å². The van der Waals surface area contributed by atoms with Crippen molar-refractivity contribution in [3.05, 3.63) is 82.7 Å². The maximum atomic E-state index is 15.2. The minimum atomic E-state index is -0.0953. The van der Waals surface area contributed by atoms with Gasteiger partial charge in [-0.3, -0.25) is 0 Å². The zero-order chi connectivity index (χ0) is 23.0. The number of hydrogen-bond donors (Lipinski definition) is 0. The van der Waals surface area contributed by atoms with Gasteiger partial charge in [0, 0.05) is 19.1 Å². The molecule has 0 aromatic heterocycles. The van der Waals surface area contributed by atoms with E-state index in [0.29, 0.717) is 12.0 Å². The second kappa shape index (κ2) is 11.4. The summed E-state index contributed by atoms with van der Waals surface area (Å²) < 4.78 is 20.4. The Kier molecular flexibility index (Phi) is 8.13. The zero-order valence-corrected chi connectivity index (χ0v) is 19.7. The van der Waals surface area contributed by atoms with Crippen molar-refractivity contribution in [3.63, 3.8) is 0 Å². The van der Waals surface area contributed by atoms with E-state index < -0.39 is 0 Å². The van der Waals surface area contributed by atoms with Crippen LogP contribution in [0.4, 0.5) is 4.39 Å². The highest BCUT2D eigenvalue weighted by Crippen LogP contribution is 2.33. The van der Waals surface area contributed by atoms with Gasteiger partial charge in [0.05, 0.1) is 11.6 Å². The predicted molar refractivity (Wildman–Crippen MR) is 133 cm³/mol. The second-order valence-corrected chi connectivity index (χ2v) is 9.61. The van der Waals surface area contributed by atoms with Gasteiger partial charge in [-0.15, -0.1) is 0 Å². The molecular formula is C30H34FNO. The molecule has 0 N–H and O–H groups in total. The highest BCUT2D eigenvalue weighted by atomic mass is 19.1. The first-order valence-corrected chi connectivity index (χ1v) is 12.3. The first-order chi connectivity index (χ1) is 16.2. The lowest BCUT2D eigenvalue weighted by atomic mass is 9.78. The lowest BCUT2D eigenvalue weighted by Gasteiger charge is -2.28. The molecule has 0 atom stereocenters. The molecule has 0 bridgehead atoms. The lowest BCUT2D eigenvalue weighted by molar-refractivity contribution is 0.155. The average molecular weight is 444 g/mol. The van der Waals surface area contributed by atoms with Crippen LogP contribution in [0.25, 0.3) is 10.8 Å². The number of methoxy groups -OCH3 is 1. The lowest BCUT2D eigenvalue weighted by Crippen LogP contribution is -2.16. The summed E-state index contributed by atoms with van der Waals surface area (Å²) in [6.45, 7) is 0.889. The molecule has 3 aromatic carbocycles. The molecular weight excluding hydrogens is 409 g/mol. The number of rotatable bonds is 9. The largest absolute Gasteiger partial charge is 0.385 e. The fourth-order valence-corrected chi connectivity index (χ4v) is 5.22. The molecule has 1 aliphatic carbocycles. The number of ether oxygens (including phenoxy) is 1. The summed E-state index contributed by atoms with van der Waals surface area (Å²) in [5.74, 6) is 1.57. The van der Waals surface area contributed by atoms with Crippen LogP contribution in [-0.2, 0) is 24.0 Å². The number of fused-ring (bicyclic) bond motifs is 1. The molecule has 0 spiro atoms. The van der Waals surface area contributed by atoms with Crippen LogP contribution in [0.3, 0.4) is 0 Å². The molecule has 1 fully saturated rings. The average Bonchev–Trinajstić information content (AvgIpc) is 2.86. The number of benzene rings is 3. The highest BCUT2D eigenvalue weighted by molar-refractivity contribution is 5.84. The van der Waals surface area contributed by atoms with E-state index >= 15 is 4.39 Å². The Labute approximate surface area is 197 Å². The molecule has 0 aliphatic heterocycles. The van der Waals surface area contributed by atoms with Crippen LogP contribution in [0.2, 0.25) is 0 Å². The Morgan fingerprint density at radius 3 is 2.24 bits per heavy atom. The van der Waals surface area contributed by atoms with Crippen LogP contribution in [0.5, 0.6) is 0 Å². The molecule has 3 aromatic rings. The van der Waals surface area contributed by atoms with Gasteiger partial charge in [0.15, 0.2) is 0 Å². The molecule has 0 amide bonds. The number of halogens is 1. The van der Waals surface area contributed by atoms with Crippen LogP contribution in [-0.4, -0.2) is 13.7 Å². The predicted octanol–water partition coefficient (Wildman–Crippen LogP) is 7.41. The summed E-state index contributed by atoms with van der Waals surface area (Å²) in [5, 5.41) is 10.6. The van der Waals surface area contributed by atoms with Crippen LogP contribution < -0.4 is 0 Å². The molecule has 172 valence electrons. The van der Waals surface area contributed by atoms with Gasteiger partial charge < -0.3 is 4.74 Å². The third-order valence-corrected chi connectivity index (χ3v) is 7.40. The van der Waals surface area contributed by atoms with Crippen LogP contribution in [0.1, 0.15) is 60.8 Å². The SMILES string of the molecule is COCCC1CCC(CCc2ccc3c(F)c(CCc4ccc(C#N)cc4)ccc3c2)CC1. The summed E-state index contributed by atoms with van der Waals surface area (Å²) >= 11 is 0. The minimum Gasteiger partial charge on any atom is -0.385 e. The second-order valence-electron chi connectivity index (χ2n) is 9.61. The molecule has 2 nitrogen and oxygen atoms in total. The summed E-state index contributed by atoms with van der Waals surface area (Å²) in [6.07, 6.45) is 10.3. The standard InChI is InChI=1S/C30H34FNO/c1-33-19-18-24-4-2-22(3-5-24)6-9-25-13-17-29-28(20-25)16-15-27(30(29)31)14-12-23-7-10-26(21-32)11-8-23/h7-8,10-11,13,15-17,20,22,24H,2-6,9,12,14,18-19H2,1H3. The molecule has 3 heteroatoms. The van der Waals surface area contributed by atoms with Crippen molar-refractivity contribution in [1.29, 1.82) is 5.26 Å². The molecule has 0 saturated heterocycles. The number of aryl methyl sites for hydroxylation is 3. The molecule has 1 aliphatic rings. The van der Waals surface area contributed by atoms with E-state index in [1.807, 2.05) is 36.4 Å². The maximum Gasteiger partial charge on any atom is 0.134 e. The van der Waals surface area contributed by atoms with E-state index in [2.05, 4.69) is 24.3 Å². The van der Waals surface area contributed by atoms with Crippen molar-refractivity contribution in [2.45, 2.75) is 57.8 Å². The van der Waals surface area contributed by atoms with E-state index in [-0.39, 0.29) is 5.82 Å². The fourth-order valence-electron chi connectivity index (χ4n) is 5.22. The molecule has 0 radical (unpaired) electrons. The normalized spacial score (nSPS) is 18.3.